The Kier molecular flexibility index (Phi) is 8.94. The second kappa shape index (κ2) is 9.87. The summed E-state index contributed by atoms with van der Waals surface area (Å²) >= 11 is 2.18. The molecule has 1 amide bonds. The van der Waals surface area contributed by atoms with Gasteiger partial charge in [-0.05, 0) is 0 Å². The van der Waals surface area contributed by atoms with E-state index in [4.69, 9.17) is 19.3 Å². The molecule has 0 aromatic carbocycles. The van der Waals surface area contributed by atoms with Crippen LogP contribution in [0, 0.1) is 0 Å². The minimum atomic E-state index is -1.30. The minimum absolute atomic E-state index is 0.207. The number of hydrogen-bond donors (Lipinski definition) is 4. The molecule has 1 rings (SSSR count). The van der Waals surface area contributed by atoms with Crippen LogP contribution in [0.15, 0.2) is 0 Å². The van der Waals surface area contributed by atoms with Crippen molar-refractivity contribution >= 4 is 28.5 Å². The number of hydrogen-bond acceptors (Lipinski definition) is 7. The maximum atomic E-state index is 11.2. The fraction of sp³-hybridized carbons (Fsp3) is 0.917. The van der Waals surface area contributed by atoms with Gasteiger partial charge in [0.15, 0.2) is 6.29 Å². The third-order valence-corrected chi connectivity index (χ3v) is 3.42. The zero-order valence-electron chi connectivity index (χ0n) is 11.8. The maximum absolute atomic E-state index is 11.2. The van der Waals surface area contributed by atoms with Gasteiger partial charge in [-0.15, -0.1) is 0 Å². The number of halogens is 1. The van der Waals surface area contributed by atoms with Crippen LogP contribution in [0.3, 0.4) is 0 Å². The molecule has 0 spiro atoms. The average Bonchev–Trinajstić information content (AvgIpc) is 2.45. The normalized spacial score (nSPS) is 32.9. The quantitative estimate of drug-likeness (QED) is 0.213. The zero-order valence-corrected chi connectivity index (χ0v) is 13.9. The molecule has 0 aromatic rings. The topological polar surface area (TPSA) is 117 Å². The van der Waals surface area contributed by atoms with E-state index in [1.54, 1.807) is 0 Å². The van der Waals surface area contributed by atoms with Gasteiger partial charge in [0.2, 0.25) is 5.91 Å². The van der Waals surface area contributed by atoms with Crippen molar-refractivity contribution < 1.29 is 34.3 Å². The molecule has 0 bridgehead atoms. The molecule has 9 heteroatoms. The zero-order chi connectivity index (χ0) is 15.8. The van der Waals surface area contributed by atoms with Crippen LogP contribution < -0.4 is 5.32 Å². The number of aliphatic hydroxyl groups is 3. The van der Waals surface area contributed by atoms with E-state index in [1.807, 2.05) is 0 Å². The van der Waals surface area contributed by atoms with Crippen molar-refractivity contribution in [3.8, 4) is 0 Å². The molecule has 1 heterocycles. The summed E-state index contributed by atoms with van der Waals surface area (Å²) in [5.41, 5.74) is 0. The number of carbonyl (C=O) groups excluding carboxylic acids is 1. The highest BCUT2D eigenvalue weighted by atomic mass is 127. The van der Waals surface area contributed by atoms with Crippen molar-refractivity contribution in [2.75, 3.05) is 30.9 Å². The molecule has 1 aliphatic heterocycles. The number of nitrogens with one attached hydrogen (secondary N) is 1. The Labute approximate surface area is 136 Å². The van der Waals surface area contributed by atoms with Gasteiger partial charge < -0.3 is 34.8 Å². The largest absolute Gasteiger partial charge is 0.394 e. The molecule has 0 aromatic heterocycles. The summed E-state index contributed by atoms with van der Waals surface area (Å²) < 4.78 is 17.0. The summed E-state index contributed by atoms with van der Waals surface area (Å²) in [5, 5.41) is 31.5. The Morgan fingerprint density at radius 3 is 2.57 bits per heavy atom. The molecule has 0 saturated carbocycles. The Morgan fingerprint density at radius 1 is 1.29 bits per heavy atom. The summed E-state index contributed by atoms with van der Waals surface area (Å²) in [6.07, 6.45) is -4.53. The van der Waals surface area contributed by atoms with Crippen LogP contribution in [0.1, 0.15) is 6.92 Å². The van der Waals surface area contributed by atoms with Crippen molar-refractivity contribution in [2.24, 2.45) is 0 Å². The van der Waals surface area contributed by atoms with Gasteiger partial charge in [0.05, 0.1) is 26.4 Å². The number of alkyl halides is 1. The molecular weight excluding hydrogens is 397 g/mol. The highest BCUT2D eigenvalue weighted by molar-refractivity contribution is 14.1. The van der Waals surface area contributed by atoms with E-state index in [2.05, 4.69) is 27.9 Å². The van der Waals surface area contributed by atoms with Gasteiger partial charge in [-0.1, -0.05) is 22.6 Å². The van der Waals surface area contributed by atoms with Crippen molar-refractivity contribution in [2.45, 2.75) is 37.6 Å². The number of amides is 1. The first kappa shape index (κ1) is 19.0. The van der Waals surface area contributed by atoms with Crippen LogP contribution in [-0.4, -0.2) is 82.7 Å². The van der Waals surface area contributed by atoms with Gasteiger partial charge in [-0.25, -0.2) is 0 Å². The monoisotopic (exact) mass is 419 g/mol. The van der Waals surface area contributed by atoms with Crippen LogP contribution in [0.25, 0.3) is 0 Å². The predicted octanol–water partition coefficient (Wildman–Crippen LogP) is -1.60. The second-order valence-corrected chi connectivity index (χ2v) is 5.68. The van der Waals surface area contributed by atoms with Gasteiger partial charge >= 0.3 is 0 Å². The van der Waals surface area contributed by atoms with Crippen molar-refractivity contribution in [1.29, 1.82) is 0 Å². The van der Waals surface area contributed by atoms with Gasteiger partial charge in [-0.2, -0.15) is 0 Å². The lowest BCUT2D eigenvalue weighted by molar-refractivity contribution is -0.271. The maximum Gasteiger partial charge on any atom is 0.217 e. The number of ether oxygens (including phenoxy) is 3. The van der Waals surface area contributed by atoms with Gasteiger partial charge in [0, 0.05) is 11.4 Å². The number of carbonyl (C=O) groups is 1. The average molecular weight is 419 g/mol. The van der Waals surface area contributed by atoms with Gasteiger partial charge in [0.25, 0.3) is 0 Å². The van der Waals surface area contributed by atoms with Crippen LogP contribution in [0.5, 0.6) is 0 Å². The van der Waals surface area contributed by atoms with E-state index < -0.39 is 37.3 Å². The molecule has 1 fully saturated rings. The predicted molar refractivity (Wildman–Crippen MR) is 81.0 cm³/mol. The lowest BCUT2D eigenvalue weighted by atomic mass is 9.97. The Hall–Kier alpha value is -0.0400. The fourth-order valence-corrected chi connectivity index (χ4v) is 2.30. The summed E-state index contributed by atoms with van der Waals surface area (Å²) in [6, 6.07) is -0.912. The van der Waals surface area contributed by atoms with E-state index in [-0.39, 0.29) is 12.5 Å². The molecule has 4 N–H and O–H groups in total. The number of aliphatic hydroxyl groups excluding tert-OH is 3. The molecular formula is C12H22INO7. The fourth-order valence-electron chi connectivity index (χ4n) is 1.99. The molecule has 5 atom stereocenters. The smallest absolute Gasteiger partial charge is 0.217 e. The van der Waals surface area contributed by atoms with Crippen LogP contribution in [0.2, 0.25) is 0 Å². The van der Waals surface area contributed by atoms with Gasteiger partial charge in [-0.3, -0.25) is 4.79 Å². The van der Waals surface area contributed by atoms with E-state index in [1.165, 1.54) is 6.92 Å². The van der Waals surface area contributed by atoms with E-state index in [9.17, 15) is 15.0 Å². The van der Waals surface area contributed by atoms with E-state index >= 15 is 0 Å². The summed E-state index contributed by atoms with van der Waals surface area (Å²) in [6.45, 7) is 1.98. The van der Waals surface area contributed by atoms with E-state index in [0.29, 0.717) is 13.2 Å². The lowest BCUT2D eigenvalue weighted by Gasteiger charge is -2.42. The third kappa shape index (κ3) is 5.93. The second-order valence-electron chi connectivity index (χ2n) is 4.61. The van der Waals surface area contributed by atoms with E-state index in [0.717, 1.165) is 4.43 Å². The first-order chi connectivity index (χ1) is 10.0. The van der Waals surface area contributed by atoms with Crippen molar-refractivity contribution in [3.63, 3.8) is 0 Å². The first-order valence-corrected chi connectivity index (χ1v) is 8.18. The summed E-state index contributed by atoms with van der Waals surface area (Å²) in [4.78, 5) is 11.2. The molecule has 1 saturated heterocycles. The lowest BCUT2D eigenvalue weighted by Crippen LogP contribution is -2.64. The SMILES string of the molecule is CC(=O)N[C@H]1[C@@H](OCCOCCI)O[C@H](CO)[C@H](O)[C@@H]1O. The molecule has 0 aliphatic carbocycles. The first-order valence-electron chi connectivity index (χ1n) is 6.66. The molecule has 8 nitrogen and oxygen atoms in total. The standard InChI is InChI=1S/C12H22INO7/c1-7(16)14-9-11(18)10(17)8(6-15)21-12(9)20-5-4-19-3-2-13/h8-12,15,17-18H,2-6H2,1H3,(H,14,16)/t8-,9-,10+,11-,12+/m1/s1. The Bertz CT molecular complexity index is 320. The highest BCUT2D eigenvalue weighted by Gasteiger charge is 2.45. The van der Waals surface area contributed by atoms with Crippen LogP contribution in [0.4, 0.5) is 0 Å². The third-order valence-electron chi connectivity index (χ3n) is 2.98. The minimum Gasteiger partial charge on any atom is -0.394 e. The van der Waals surface area contributed by atoms with Crippen molar-refractivity contribution in [3.05, 3.63) is 0 Å². The van der Waals surface area contributed by atoms with Gasteiger partial charge in [0.1, 0.15) is 24.4 Å². The molecule has 21 heavy (non-hydrogen) atoms. The Morgan fingerprint density at radius 2 is 2.00 bits per heavy atom. The molecule has 0 unspecified atom stereocenters. The number of rotatable bonds is 8. The summed E-state index contributed by atoms with van der Waals surface area (Å²) in [7, 11) is 0. The van der Waals surface area contributed by atoms with Crippen molar-refractivity contribution in [1.82, 2.24) is 5.32 Å². The summed E-state index contributed by atoms with van der Waals surface area (Å²) in [5.74, 6) is -0.382. The van der Waals surface area contributed by atoms with Crippen LogP contribution in [-0.2, 0) is 19.0 Å². The Balaban J connectivity index is 2.58. The molecule has 0 radical (unpaired) electrons. The highest BCUT2D eigenvalue weighted by Crippen LogP contribution is 2.22. The molecule has 1 aliphatic rings. The molecule has 124 valence electrons. The van der Waals surface area contributed by atoms with Crippen LogP contribution >= 0.6 is 22.6 Å².